The summed E-state index contributed by atoms with van der Waals surface area (Å²) < 4.78 is 13.8. The number of rotatable bonds is 4. The third-order valence-corrected chi connectivity index (χ3v) is 8.49. The van der Waals surface area contributed by atoms with Crippen molar-refractivity contribution in [1.82, 2.24) is 10.2 Å². The monoisotopic (exact) mass is 450 g/mol. The number of nitrogens with zero attached hydrogens (tertiary/aromatic N) is 3. The second-order valence-electron chi connectivity index (χ2n) is 10.3. The molecule has 0 radical (unpaired) electrons. The van der Waals surface area contributed by atoms with Crippen LogP contribution in [0.5, 0.6) is 0 Å². The SMILES string of the molecule is Cc1ccc(NC(=O)CC[C@@H]2C/C(=N\O)[C@@]3(C)CCC4c5ccc(F)cc5CCC4C23)nn1. The highest BCUT2D eigenvalue weighted by Crippen LogP contribution is 2.62. The summed E-state index contributed by atoms with van der Waals surface area (Å²) in [5, 5.41) is 24.4. The first-order valence-corrected chi connectivity index (χ1v) is 12.0. The van der Waals surface area contributed by atoms with Crippen LogP contribution in [-0.2, 0) is 11.2 Å². The Labute approximate surface area is 193 Å². The highest BCUT2D eigenvalue weighted by molar-refractivity contribution is 5.93. The molecule has 0 aliphatic heterocycles. The summed E-state index contributed by atoms with van der Waals surface area (Å²) in [4.78, 5) is 12.6. The largest absolute Gasteiger partial charge is 0.411 e. The topological polar surface area (TPSA) is 87.5 Å². The second-order valence-corrected chi connectivity index (χ2v) is 10.3. The van der Waals surface area contributed by atoms with Gasteiger partial charge in [-0.15, -0.1) is 5.10 Å². The molecule has 0 bridgehead atoms. The minimum Gasteiger partial charge on any atom is -0.411 e. The molecule has 33 heavy (non-hydrogen) atoms. The van der Waals surface area contributed by atoms with Gasteiger partial charge in [-0.3, -0.25) is 4.79 Å². The predicted molar refractivity (Wildman–Crippen MR) is 124 cm³/mol. The summed E-state index contributed by atoms with van der Waals surface area (Å²) in [5.41, 5.74) is 3.97. The van der Waals surface area contributed by atoms with Crippen molar-refractivity contribution in [3.63, 3.8) is 0 Å². The number of nitrogens with one attached hydrogen (secondary N) is 1. The van der Waals surface area contributed by atoms with Gasteiger partial charge in [0.25, 0.3) is 0 Å². The number of hydrogen-bond donors (Lipinski definition) is 2. The lowest BCUT2D eigenvalue weighted by molar-refractivity contribution is -0.116. The molecule has 2 aromatic rings. The molecule has 174 valence electrons. The van der Waals surface area contributed by atoms with Gasteiger partial charge < -0.3 is 10.5 Å². The molecule has 1 aromatic carbocycles. The molecular formula is C26H31FN4O2. The Balaban J connectivity index is 1.34. The van der Waals surface area contributed by atoms with E-state index < -0.39 is 0 Å². The quantitative estimate of drug-likeness (QED) is 0.492. The molecule has 5 rings (SSSR count). The zero-order chi connectivity index (χ0) is 23.2. The van der Waals surface area contributed by atoms with Gasteiger partial charge in [-0.1, -0.05) is 18.1 Å². The Kier molecular flexibility index (Phi) is 5.67. The molecule has 3 aliphatic carbocycles. The zero-order valence-electron chi connectivity index (χ0n) is 19.2. The number of halogens is 1. The zero-order valence-corrected chi connectivity index (χ0v) is 19.2. The molecule has 1 amide bonds. The molecule has 0 saturated heterocycles. The molecule has 1 heterocycles. The maximum atomic E-state index is 13.8. The normalized spacial score (nSPS) is 31.5. The number of anilines is 1. The molecule has 2 N–H and O–H groups in total. The number of carbonyl (C=O) groups excluding carboxylic acids is 1. The van der Waals surface area contributed by atoms with E-state index in [1.54, 1.807) is 18.2 Å². The Morgan fingerprint density at radius 1 is 1.27 bits per heavy atom. The number of hydrogen-bond acceptors (Lipinski definition) is 5. The number of oxime groups is 1. The second kappa shape index (κ2) is 8.50. The van der Waals surface area contributed by atoms with Crippen LogP contribution < -0.4 is 5.32 Å². The Morgan fingerprint density at radius 3 is 2.88 bits per heavy atom. The fraction of sp³-hybridized carbons (Fsp3) is 0.538. The van der Waals surface area contributed by atoms with Crippen molar-refractivity contribution >= 4 is 17.4 Å². The lowest BCUT2D eigenvalue weighted by atomic mass is 9.54. The van der Waals surface area contributed by atoms with E-state index >= 15 is 0 Å². The highest BCUT2D eigenvalue weighted by atomic mass is 19.1. The minimum absolute atomic E-state index is 0.0685. The van der Waals surface area contributed by atoms with E-state index in [9.17, 15) is 14.4 Å². The minimum atomic E-state index is -0.162. The van der Waals surface area contributed by atoms with Crippen molar-refractivity contribution < 1.29 is 14.4 Å². The van der Waals surface area contributed by atoms with Crippen LogP contribution in [0.15, 0.2) is 35.5 Å². The summed E-state index contributed by atoms with van der Waals surface area (Å²) in [5.74, 6) is 1.74. The average molecular weight is 451 g/mol. The van der Waals surface area contributed by atoms with Gasteiger partial charge in [0.1, 0.15) is 5.82 Å². The lowest BCUT2D eigenvalue weighted by Crippen LogP contribution is -2.44. The van der Waals surface area contributed by atoms with Crippen LogP contribution in [0.4, 0.5) is 10.2 Å². The van der Waals surface area contributed by atoms with Gasteiger partial charge in [0.05, 0.1) is 11.4 Å². The molecule has 2 fully saturated rings. The van der Waals surface area contributed by atoms with Gasteiger partial charge in [-0.25, -0.2) is 4.39 Å². The number of amides is 1. The number of carbonyl (C=O) groups is 1. The van der Waals surface area contributed by atoms with E-state index in [-0.39, 0.29) is 23.1 Å². The number of aryl methyl sites for hydroxylation is 2. The third-order valence-electron chi connectivity index (χ3n) is 8.49. The van der Waals surface area contributed by atoms with Gasteiger partial charge >= 0.3 is 0 Å². The summed E-state index contributed by atoms with van der Waals surface area (Å²) in [6.45, 7) is 4.10. The molecule has 3 aliphatic rings. The molecule has 5 atom stereocenters. The number of benzene rings is 1. The van der Waals surface area contributed by atoms with E-state index in [4.69, 9.17) is 0 Å². The van der Waals surface area contributed by atoms with Crippen molar-refractivity contribution in [2.45, 2.75) is 64.7 Å². The Hall–Kier alpha value is -2.83. The first-order valence-electron chi connectivity index (χ1n) is 12.0. The van der Waals surface area contributed by atoms with Gasteiger partial charge in [0.15, 0.2) is 5.82 Å². The molecule has 6 nitrogen and oxygen atoms in total. The smallest absolute Gasteiger partial charge is 0.225 e. The fourth-order valence-electron chi connectivity index (χ4n) is 7.04. The molecule has 0 spiro atoms. The van der Waals surface area contributed by atoms with Gasteiger partial charge in [-0.05, 0) is 105 Å². The van der Waals surface area contributed by atoms with Crippen LogP contribution in [0.25, 0.3) is 0 Å². The summed E-state index contributed by atoms with van der Waals surface area (Å²) in [6, 6.07) is 8.84. The predicted octanol–water partition coefficient (Wildman–Crippen LogP) is 5.26. The molecule has 3 unspecified atom stereocenters. The van der Waals surface area contributed by atoms with E-state index in [1.165, 1.54) is 5.56 Å². The summed E-state index contributed by atoms with van der Waals surface area (Å²) in [6.07, 6.45) is 5.74. The van der Waals surface area contributed by atoms with Gasteiger partial charge in [0, 0.05) is 11.8 Å². The van der Waals surface area contributed by atoms with E-state index in [0.29, 0.717) is 30.0 Å². The standard InChI is InChI=1S/C26H31FN4O2/c1-15-3-9-23(30-29-15)28-24(32)10-5-17-14-22(31-33)26(2)12-11-20-19-8-6-18(27)13-16(19)4-7-21(20)25(17)26/h3,6,8-9,13,17,20-21,25,33H,4-5,7,10-12,14H2,1-2H3,(H,28,30,32)/b31-22+/t17-,20?,21?,25?,26-/m1/s1. The molecule has 1 aromatic heterocycles. The number of fused-ring (bicyclic) bond motifs is 5. The number of aromatic nitrogens is 2. The van der Waals surface area contributed by atoms with Crippen LogP contribution in [0.3, 0.4) is 0 Å². The molecule has 7 heteroatoms. The first kappa shape index (κ1) is 22.0. The van der Waals surface area contributed by atoms with Crippen molar-refractivity contribution in [3.8, 4) is 0 Å². The van der Waals surface area contributed by atoms with Crippen LogP contribution in [0.2, 0.25) is 0 Å². The lowest BCUT2D eigenvalue weighted by Gasteiger charge is -2.50. The molecule has 2 saturated carbocycles. The van der Waals surface area contributed by atoms with Crippen molar-refractivity contribution in [2.75, 3.05) is 5.32 Å². The maximum absolute atomic E-state index is 13.8. The van der Waals surface area contributed by atoms with Gasteiger partial charge in [0.2, 0.25) is 5.91 Å². The summed E-state index contributed by atoms with van der Waals surface area (Å²) >= 11 is 0. The van der Waals surface area contributed by atoms with Crippen molar-refractivity contribution in [3.05, 3.63) is 53.0 Å². The highest BCUT2D eigenvalue weighted by Gasteiger charge is 2.57. The van der Waals surface area contributed by atoms with Crippen molar-refractivity contribution in [1.29, 1.82) is 0 Å². The van der Waals surface area contributed by atoms with Crippen LogP contribution in [0, 0.1) is 35.9 Å². The van der Waals surface area contributed by atoms with Crippen LogP contribution in [0.1, 0.15) is 68.2 Å². The molecular weight excluding hydrogens is 419 g/mol. The third kappa shape index (κ3) is 3.91. The van der Waals surface area contributed by atoms with Crippen LogP contribution >= 0.6 is 0 Å². The van der Waals surface area contributed by atoms with E-state index in [0.717, 1.165) is 55.5 Å². The Bertz CT molecular complexity index is 1090. The van der Waals surface area contributed by atoms with Crippen molar-refractivity contribution in [2.24, 2.45) is 28.3 Å². The Morgan fingerprint density at radius 2 is 2.12 bits per heavy atom. The van der Waals surface area contributed by atoms with Gasteiger partial charge in [-0.2, -0.15) is 5.10 Å². The van der Waals surface area contributed by atoms with E-state index in [1.807, 2.05) is 19.1 Å². The van der Waals surface area contributed by atoms with Crippen LogP contribution in [-0.4, -0.2) is 27.0 Å². The maximum Gasteiger partial charge on any atom is 0.225 e. The summed E-state index contributed by atoms with van der Waals surface area (Å²) in [7, 11) is 0. The fourth-order valence-corrected chi connectivity index (χ4v) is 7.04. The first-order chi connectivity index (χ1) is 15.9. The average Bonchev–Trinajstić information content (AvgIpc) is 3.10. The van der Waals surface area contributed by atoms with E-state index in [2.05, 4.69) is 27.6 Å².